The molecule has 0 fully saturated rings. The molecule has 3 heteroatoms. The van der Waals surface area contributed by atoms with E-state index >= 15 is 0 Å². The van der Waals surface area contributed by atoms with E-state index in [0.717, 1.165) is 0 Å². The van der Waals surface area contributed by atoms with Crippen molar-refractivity contribution in [3.63, 3.8) is 0 Å². The first-order valence-electron chi connectivity index (χ1n) is 6.40. The van der Waals surface area contributed by atoms with Gasteiger partial charge < -0.3 is 5.11 Å². The summed E-state index contributed by atoms with van der Waals surface area (Å²) in [5.74, 6) is -0.994. The van der Waals surface area contributed by atoms with Crippen LogP contribution in [0.25, 0.3) is 11.1 Å². The van der Waals surface area contributed by atoms with Gasteiger partial charge in [0.05, 0.1) is 6.61 Å². The Morgan fingerprint density at radius 3 is 1.50 bits per heavy atom. The molecule has 0 heterocycles. The Morgan fingerprint density at radius 2 is 1.25 bits per heavy atom. The zero-order chi connectivity index (χ0) is 14.8. The molecule has 0 aliphatic rings. The van der Waals surface area contributed by atoms with Crippen molar-refractivity contribution in [3.8, 4) is 11.1 Å². The van der Waals surface area contributed by atoms with Gasteiger partial charge >= 0.3 is 0 Å². The number of carbonyl (C=O) groups excluding carboxylic acids is 2. The van der Waals surface area contributed by atoms with E-state index in [9.17, 15) is 9.59 Å². The third kappa shape index (κ3) is 5.59. The first kappa shape index (κ1) is 15.8. The molecule has 104 valence electrons. The van der Waals surface area contributed by atoms with Gasteiger partial charge in [0.1, 0.15) is 0 Å². The topological polar surface area (TPSA) is 54.4 Å². The highest BCUT2D eigenvalue weighted by Gasteiger charge is 2.04. The highest BCUT2D eigenvalue weighted by atomic mass is 16.3. The van der Waals surface area contributed by atoms with Crippen molar-refractivity contribution >= 4 is 11.6 Å². The summed E-state index contributed by atoms with van der Waals surface area (Å²) in [5, 5.41) is 8.11. The molecule has 3 nitrogen and oxygen atoms in total. The highest BCUT2D eigenvalue weighted by Crippen LogP contribution is 2.17. The summed E-state index contributed by atoms with van der Waals surface area (Å²) < 4.78 is 0. The number of hydrogen-bond donors (Lipinski definition) is 1. The first-order chi connectivity index (χ1) is 9.65. The van der Waals surface area contributed by atoms with Crippen LogP contribution < -0.4 is 0 Å². The smallest absolute Gasteiger partial charge is 0.200 e. The SMILES string of the molecule is CC(=O)C(=O)CCO.c1ccc(-c2ccccc2)cc1. The molecule has 0 aliphatic carbocycles. The summed E-state index contributed by atoms with van der Waals surface area (Å²) in [6, 6.07) is 20.8. The van der Waals surface area contributed by atoms with Gasteiger partial charge in [-0.1, -0.05) is 60.7 Å². The van der Waals surface area contributed by atoms with Crippen LogP contribution in [0.15, 0.2) is 60.7 Å². The molecule has 0 aromatic heterocycles. The lowest BCUT2D eigenvalue weighted by molar-refractivity contribution is -0.135. The van der Waals surface area contributed by atoms with Crippen molar-refractivity contribution in [2.45, 2.75) is 13.3 Å². The Morgan fingerprint density at radius 1 is 0.850 bits per heavy atom. The fraction of sp³-hybridized carbons (Fsp3) is 0.176. The maximum absolute atomic E-state index is 10.2. The fourth-order valence-corrected chi connectivity index (χ4v) is 1.54. The van der Waals surface area contributed by atoms with Gasteiger partial charge in [-0.25, -0.2) is 0 Å². The zero-order valence-corrected chi connectivity index (χ0v) is 11.5. The Kier molecular flexibility index (Phi) is 6.93. The molecular formula is C17H18O3. The molecule has 2 aromatic rings. The molecule has 2 rings (SSSR count). The van der Waals surface area contributed by atoms with E-state index < -0.39 is 11.6 Å². The molecule has 1 N–H and O–H groups in total. The summed E-state index contributed by atoms with van der Waals surface area (Å²) in [7, 11) is 0. The van der Waals surface area contributed by atoms with Crippen LogP contribution in [0.2, 0.25) is 0 Å². The molecule has 0 unspecified atom stereocenters. The zero-order valence-electron chi connectivity index (χ0n) is 11.5. The maximum Gasteiger partial charge on any atom is 0.200 e. The van der Waals surface area contributed by atoms with Crippen LogP contribution in [0, 0.1) is 0 Å². The van der Waals surface area contributed by atoms with Crippen LogP contribution in [-0.4, -0.2) is 23.3 Å². The molecule has 0 bridgehead atoms. The van der Waals surface area contributed by atoms with Crippen LogP contribution in [0.1, 0.15) is 13.3 Å². The number of ketones is 2. The maximum atomic E-state index is 10.2. The number of hydrogen-bond acceptors (Lipinski definition) is 3. The third-order valence-electron chi connectivity index (χ3n) is 2.61. The molecule has 2 aromatic carbocycles. The van der Waals surface area contributed by atoms with Gasteiger partial charge in [0.2, 0.25) is 0 Å². The van der Waals surface area contributed by atoms with Crippen molar-refractivity contribution < 1.29 is 14.7 Å². The van der Waals surface area contributed by atoms with E-state index in [1.165, 1.54) is 18.1 Å². The highest BCUT2D eigenvalue weighted by molar-refractivity contribution is 6.36. The average Bonchev–Trinajstić information content (AvgIpc) is 2.50. The Balaban J connectivity index is 0.000000221. The number of aliphatic hydroxyl groups excluding tert-OH is 1. The Bertz CT molecular complexity index is 495. The number of rotatable bonds is 4. The van der Waals surface area contributed by atoms with Crippen LogP contribution in [0.5, 0.6) is 0 Å². The standard InChI is InChI=1S/C12H10.C5H8O3/c1-3-7-11(8-4-1)12-9-5-2-6-10-12;1-4(7)5(8)2-3-6/h1-10H;6H,2-3H2,1H3. The monoisotopic (exact) mass is 270 g/mol. The molecule has 0 saturated heterocycles. The lowest BCUT2D eigenvalue weighted by atomic mass is 10.1. The number of carbonyl (C=O) groups is 2. The van der Waals surface area contributed by atoms with Crippen molar-refractivity contribution in [2.24, 2.45) is 0 Å². The van der Waals surface area contributed by atoms with E-state index in [-0.39, 0.29) is 13.0 Å². The summed E-state index contributed by atoms with van der Waals surface area (Å²) in [6.07, 6.45) is -0.0463. The Labute approximate surface area is 118 Å². The van der Waals surface area contributed by atoms with Gasteiger partial charge in [0, 0.05) is 13.3 Å². The second kappa shape index (κ2) is 8.77. The van der Waals surface area contributed by atoms with E-state index in [2.05, 4.69) is 48.5 Å². The van der Waals surface area contributed by atoms with Gasteiger partial charge in [-0.05, 0) is 11.1 Å². The largest absolute Gasteiger partial charge is 0.396 e. The average molecular weight is 270 g/mol. The summed E-state index contributed by atoms with van der Waals surface area (Å²) in [5.41, 5.74) is 2.55. The minimum atomic E-state index is -0.507. The quantitative estimate of drug-likeness (QED) is 0.869. The molecule has 20 heavy (non-hydrogen) atoms. The molecule has 0 saturated carbocycles. The van der Waals surface area contributed by atoms with Gasteiger partial charge in [-0.15, -0.1) is 0 Å². The minimum absolute atomic E-state index is 0.0463. The van der Waals surface area contributed by atoms with E-state index in [4.69, 9.17) is 5.11 Å². The van der Waals surface area contributed by atoms with Crippen molar-refractivity contribution in [1.29, 1.82) is 0 Å². The molecular weight excluding hydrogens is 252 g/mol. The van der Waals surface area contributed by atoms with Crippen molar-refractivity contribution in [2.75, 3.05) is 6.61 Å². The lowest BCUT2D eigenvalue weighted by Gasteiger charge is -1.98. The predicted molar refractivity (Wildman–Crippen MR) is 79.3 cm³/mol. The minimum Gasteiger partial charge on any atom is -0.396 e. The summed E-state index contributed by atoms with van der Waals surface area (Å²) >= 11 is 0. The molecule has 0 spiro atoms. The van der Waals surface area contributed by atoms with E-state index in [1.54, 1.807) is 0 Å². The van der Waals surface area contributed by atoms with Crippen LogP contribution in [0.4, 0.5) is 0 Å². The normalized spacial score (nSPS) is 9.30. The van der Waals surface area contributed by atoms with Gasteiger partial charge in [-0.2, -0.15) is 0 Å². The summed E-state index contributed by atoms with van der Waals surface area (Å²) in [4.78, 5) is 20.3. The molecule has 0 atom stereocenters. The van der Waals surface area contributed by atoms with Crippen LogP contribution >= 0.6 is 0 Å². The molecule has 0 aliphatic heterocycles. The van der Waals surface area contributed by atoms with Crippen molar-refractivity contribution in [1.82, 2.24) is 0 Å². The first-order valence-corrected chi connectivity index (χ1v) is 6.40. The number of aliphatic hydroxyl groups is 1. The summed E-state index contributed by atoms with van der Waals surface area (Å²) in [6.45, 7) is 0.955. The van der Waals surface area contributed by atoms with Gasteiger partial charge in [-0.3, -0.25) is 9.59 Å². The van der Waals surface area contributed by atoms with Crippen molar-refractivity contribution in [3.05, 3.63) is 60.7 Å². The molecule has 0 amide bonds. The molecule has 0 radical (unpaired) electrons. The second-order valence-corrected chi connectivity index (χ2v) is 4.19. The van der Waals surface area contributed by atoms with E-state index in [0.29, 0.717) is 0 Å². The van der Waals surface area contributed by atoms with E-state index in [1.807, 2.05) is 12.1 Å². The second-order valence-electron chi connectivity index (χ2n) is 4.19. The number of benzene rings is 2. The predicted octanol–water partition coefficient (Wildman–Crippen LogP) is 2.88. The van der Waals surface area contributed by atoms with Crippen LogP contribution in [-0.2, 0) is 9.59 Å². The van der Waals surface area contributed by atoms with Crippen LogP contribution in [0.3, 0.4) is 0 Å². The van der Waals surface area contributed by atoms with Gasteiger partial charge in [0.15, 0.2) is 11.6 Å². The number of Topliss-reactive ketones (excluding diaryl/α,β-unsaturated/α-hetero) is 2. The Hall–Kier alpha value is -2.26. The van der Waals surface area contributed by atoms with Gasteiger partial charge in [0.25, 0.3) is 0 Å². The lowest BCUT2D eigenvalue weighted by Crippen LogP contribution is -2.10. The third-order valence-corrected chi connectivity index (χ3v) is 2.61. The fourth-order valence-electron chi connectivity index (χ4n) is 1.54.